The van der Waals surface area contributed by atoms with Gasteiger partial charge in [0.15, 0.2) is 0 Å². The summed E-state index contributed by atoms with van der Waals surface area (Å²) in [6.45, 7) is 6.16. The van der Waals surface area contributed by atoms with Crippen molar-refractivity contribution in [3.63, 3.8) is 0 Å². The summed E-state index contributed by atoms with van der Waals surface area (Å²) in [5.74, 6) is 0.107. The van der Waals surface area contributed by atoms with Crippen LogP contribution in [0.1, 0.15) is 42.6 Å². The second kappa shape index (κ2) is 7.98. The third-order valence-electron chi connectivity index (χ3n) is 3.67. The normalized spacial score (nSPS) is 12.2. The van der Waals surface area contributed by atoms with Crippen molar-refractivity contribution in [1.82, 2.24) is 5.32 Å². The van der Waals surface area contributed by atoms with Gasteiger partial charge >= 0.3 is 0 Å². The number of nitro groups is 1. The Labute approximate surface area is 129 Å². The molecule has 1 rings (SSSR count). The van der Waals surface area contributed by atoms with E-state index in [1.54, 1.807) is 6.92 Å². The Kier molecular flexibility index (Phi) is 6.62. The van der Waals surface area contributed by atoms with Gasteiger partial charge in [0.25, 0.3) is 11.6 Å². The van der Waals surface area contributed by atoms with Crippen molar-refractivity contribution >= 4 is 23.2 Å². The van der Waals surface area contributed by atoms with E-state index in [0.717, 1.165) is 12.8 Å². The first-order chi connectivity index (χ1) is 9.90. The summed E-state index contributed by atoms with van der Waals surface area (Å²) in [6, 6.07) is 4.33. The van der Waals surface area contributed by atoms with Crippen molar-refractivity contribution < 1.29 is 9.72 Å². The van der Waals surface area contributed by atoms with Gasteiger partial charge in [-0.1, -0.05) is 26.7 Å². The quantitative estimate of drug-likeness (QED) is 0.474. The highest BCUT2D eigenvalue weighted by Crippen LogP contribution is 2.20. The topological polar surface area (TPSA) is 72.2 Å². The lowest BCUT2D eigenvalue weighted by molar-refractivity contribution is -0.385. The van der Waals surface area contributed by atoms with Gasteiger partial charge in [-0.2, -0.15) is 0 Å². The summed E-state index contributed by atoms with van der Waals surface area (Å²) in [5, 5.41) is 13.4. The van der Waals surface area contributed by atoms with Gasteiger partial charge in [0.1, 0.15) is 0 Å². The van der Waals surface area contributed by atoms with Crippen LogP contribution in [0.4, 0.5) is 5.69 Å². The summed E-state index contributed by atoms with van der Waals surface area (Å²) in [6.07, 6.45) is 1.94. The Morgan fingerprint density at radius 2 is 2.00 bits per heavy atom. The molecule has 0 heterocycles. The Hall–Kier alpha value is -1.62. The second-order valence-corrected chi connectivity index (χ2v) is 5.62. The molecule has 116 valence electrons. The predicted octanol–water partition coefficient (Wildman–Crippen LogP) is 3.68. The van der Waals surface area contributed by atoms with Crippen molar-refractivity contribution in [2.45, 2.75) is 39.0 Å². The Bertz CT molecular complexity index is 516. The zero-order valence-corrected chi connectivity index (χ0v) is 13.3. The fraction of sp³-hybridized carbons (Fsp3) is 0.533. The summed E-state index contributed by atoms with van der Waals surface area (Å²) in [5.41, 5.74) is 0.889. The molecular weight excluding hydrogens is 292 g/mol. The smallest absolute Gasteiger partial charge is 0.272 e. The van der Waals surface area contributed by atoms with Gasteiger partial charge in [0.2, 0.25) is 0 Å². The molecule has 0 aliphatic carbocycles. The number of nitrogens with one attached hydrogen (secondary N) is 1. The van der Waals surface area contributed by atoms with Gasteiger partial charge in [-0.05, 0) is 25.0 Å². The molecule has 1 atom stereocenters. The first-order valence-electron chi connectivity index (χ1n) is 7.07. The van der Waals surface area contributed by atoms with Gasteiger partial charge < -0.3 is 5.32 Å². The largest absolute Gasteiger partial charge is 0.351 e. The zero-order chi connectivity index (χ0) is 16.0. The molecule has 0 fully saturated rings. The Morgan fingerprint density at radius 1 is 1.38 bits per heavy atom. The Morgan fingerprint density at radius 3 is 2.48 bits per heavy atom. The molecule has 1 amide bonds. The number of alkyl halides is 1. The van der Waals surface area contributed by atoms with Crippen LogP contribution in [0.15, 0.2) is 18.2 Å². The SMILES string of the molecule is CCC(CC)C(Cl)CNC(=O)c1ccc([N+](=O)[O-])c(C)c1. The number of nitrogens with zero attached hydrogens (tertiary/aromatic N) is 1. The van der Waals surface area contributed by atoms with E-state index in [2.05, 4.69) is 19.2 Å². The molecule has 0 saturated carbocycles. The molecule has 0 spiro atoms. The highest BCUT2D eigenvalue weighted by molar-refractivity contribution is 6.21. The van der Waals surface area contributed by atoms with Crippen LogP contribution in [0.2, 0.25) is 0 Å². The molecule has 1 unspecified atom stereocenters. The van der Waals surface area contributed by atoms with Crippen molar-refractivity contribution in [2.75, 3.05) is 6.54 Å². The van der Waals surface area contributed by atoms with Crippen LogP contribution in [0.25, 0.3) is 0 Å². The van der Waals surface area contributed by atoms with Crippen molar-refractivity contribution in [1.29, 1.82) is 0 Å². The van der Waals surface area contributed by atoms with E-state index >= 15 is 0 Å². The van der Waals surface area contributed by atoms with Gasteiger partial charge in [0, 0.05) is 23.7 Å². The van der Waals surface area contributed by atoms with E-state index in [1.807, 2.05) is 0 Å². The fourth-order valence-corrected chi connectivity index (χ4v) is 2.69. The first kappa shape index (κ1) is 17.4. The molecule has 0 bridgehead atoms. The average molecular weight is 313 g/mol. The van der Waals surface area contributed by atoms with E-state index in [0.29, 0.717) is 23.6 Å². The van der Waals surface area contributed by atoms with Crippen LogP contribution in [0.3, 0.4) is 0 Å². The lowest BCUT2D eigenvalue weighted by atomic mass is 9.99. The molecule has 1 aromatic rings. The van der Waals surface area contributed by atoms with E-state index < -0.39 is 4.92 Å². The standard InChI is InChI=1S/C15H21ClN2O3/c1-4-11(5-2)13(16)9-17-15(19)12-6-7-14(18(20)21)10(3)8-12/h6-8,11,13H,4-5,9H2,1-3H3,(H,17,19). The Balaban J connectivity index is 2.68. The van der Waals surface area contributed by atoms with Gasteiger partial charge in [0.05, 0.1) is 10.3 Å². The molecule has 0 aliphatic rings. The van der Waals surface area contributed by atoms with Crippen LogP contribution in [0, 0.1) is 23.0 Å². The molecule has 1 N–H and O–H groups in total. The van der Waals surface area contributed by atoms with Crippen LogP contribution < -0.4 is 5.32 Å². The highest BCUT2D eigenvalue weighted by Gasteiger charge is 2.18. The number of rotatable bonds is 7. The van der Waals surface area contributed by atoms with Crippen LogP contribution in [0.5, 0.6) is 0 Å². The average Bonchev–Trinajstić information content (AvgIpc) is 2.45. The number of hydrogen-bond donors (Lipinski definition) is 1. The molecule has 0 aliphatic heterocycles. The van der Waals surface area contributed by atoms with Crippen LogP contribution in [-0.2, 0) is 0 Å². The molecule has 0 radical (unpaired) electrons. The minimum atomic E-state index is -0.459. The molecule has 1 aromatic carbocycles. The van der Waals surface area contributed by atoms with Crippen molar-refractivity contribution in [3.05, 3.63) is 39.4 Å². The maximum Gasteiger partial charge on any atom is 0.272 e. The summed E-state index contributed by atoms with van der Waals surface area (Å²) in [7, 11) is 0. The van der Waals surface area contributed by atoms with E-state index in [-0.39, 0.29) is 17.0 Å². The van der Waals surface area contributed by atoms with Gasteiger partial charge in [-0.15, -0.1) is 11.6 Å². The number of carbonyl (C=O) groups excluding carboxylic acids is 1. The maximum absolute atomic E-state index is 12.0. The predicted molar refractivity (Wildman–Crippen MR) is 83.9 cm³/mol. The number of hydrogen-bond acceptors (Lipinski definition) is 3. The third kappa shape index (κ3) is 4.70. The third-order valence-corrected chi connectivity index (χ3v) is 4.18. The monoisotopic (exact) mass is 312 g/mol. The lowest BCUT2D eigenvalue weighted by Crippen LogP contribution is -2.33. The van der Waals surface area contributed by atoms with Gasteiger partial charge in [-0.3, -0.25) is 14.9 Å². The second-order valence-electron chi connectivity index (χ2n) is 5.06. The number of carbonyl (C=O) groups is 1. The number of nitro benzene ring substituents is 1. The summed E-state index contributed by atoms with van der Waals surface area (Å²) in [4.78, 5) is 22.3. The van der Waals surface area contributed by atoms with Crippen molar-refractivity contribution in [2.24, 2.45) is 5.92 Å². The molecule has 5 nitrogen and oxygen atoms in total. The maximum atomic E-state index is 12.0. The minimum Gasteiger partial charge on any atom is -0.351 e. The number of amides is 1. The minimum absolute atomic E-state index is 0.0128. The fourth-order valence-electron chi connectivity index (χ4n) is 2.26. The number of aryl methyl sites for hydroxylation is 1. The molecular formula is C15H21ClN2O3. The molecule has 6 heteroatoms. The zero-order valence-electron chi connectivity index (χ0n) is 12.6. The van der Waals surface area contributed by atoms with E-state index in [1.165, 1.54) is 18.2 Å². The lowest BCUT2D eigenvalue weighted by Gasteiger charge is -2.19. The molecule has 21 heavy (non-hydrogen) atoms. The summed E-state index contributed by atoms with van der Waals surface area (Å²) >= 11 is 6.27. The van der Waals surface area contributed by atoms with E-state index in [4.69, 9.17) is 11.6 Å². The number of benzene rings is 1. The first-order valence-corrected chi connectivity index (χ1v) is 7.51. The molecule has 0 aromatic heterocycles. The molecule has 0 saturated heterocycles. The highest BCUT2D eigenvalue weighted by atomic mass is 35.5. The summed E-state index contributed by atoms with van der Waals surface area (Å²) < 4.78 is 0. The van der Waals surface area contributed by atoms with Gasteiger partial charge in [-0.25, -0.2) is 0 Å². The van der Waals surface area contributed by atoms with Crippen LogP contribution in [-0.4, -0.2) is 22.8 Å². The number of halogens is 1. The van der Waals surface area contributed by atoms with Crippen molar-refractivity contribution in [3.8, 4) is 0 Å². The van der Waals surface area contributed by atoms with E-state index in [9.17, 15) is 14.9 Å². The van der Waals surface area contributed by atoms with Crippen LogP contribution >= 0.6 is 11.6 Å².